The van der Waals surface area contributed by atoms with Gasteiger partial charge < -0.3 is 15.2 Å². The van der Waals surface area contributed by atoms with Gasteiger partial charge in [0.05, 0.1) is 0 Å². The molecule has 6 rings (SSSR count). The Balaban J connectivity index is 0.00000135. The zero-order valence-corrected chi connectivity index (χ0v) is 13.8. The maximum atomic E-state index is 12.7. The first kappa shape index (κ1) is 15.0. The summed E-state index contributed by atoms with van der Waals surface area (Å²) in [5.74, 6) is 2.29. The molecule has 23 heavy (non-hydrogen) atoms. The van der Waals surface area contributed by atoms with Crippen LogP contribution in [0.2, 0.25) is 0 Å². The van der Waals surface area contributed by atoms with Crippen molar-refractivity contribution in [1.29, 1.82) is 0 Å². The third-order valence-corrected chi connectivity index (χ3v) is 5.90. The highest BCUT2D eigenvalue weighted by Crippen LogP contribution is 2.43. The average Bonchev–Trinajstić information content (AvgIpc) is 2.97. The Bertz CT molecular complexity index is 713. The molecule has 1 amide bonds. The van der Waals surface area contributed by atoms with Gasteiger partial charge in [-0.1, -0.05) is 0 Å². The molecule has 0 radical (unpaired) electrons. The van der Waals surface area contributed by atoms with E-state index in [0.717, 1.165) is 22.4 Å². The Morgan fingerprint density at radius 2 is 1.91 bits per heavy atom. The van der Waals surface area contributed by atoms with Gasteiger partial charge in [0.1, 0.15) is 0 Å². The summed E-state index contributed by atoms with van der Waals surface area (Å²) in [6, 6.07) is 8.30. The first-order valence-corrected chi connectivity index (χ1v) is 8.36. The Labute approximate surface area is 142 Å². The Morgan fingerprint density at radius 3 is 2.65 bits per heavy atom. The van der Waals surface area contributed by atoms with Crippen LogP contribution in [0.15, 0.2) is 30.5 Å². The number of nitrogens with one attached hydrogen (secondary N) is 2. The quantitative estimate of drug-likeness (QED) is 0.888. The second kappa shape index (κ2) is 5.53. The third-order valence-electron chi connectivity index (χ3n) is 5.90. The van der Waals surface area contributed by atoms with E-state index >= 15 is 0 Å². The number of aromatic nitrogens is 1. The number of nitrogens with zero attached hydrogens (tertiary/aromatic N) is 1. The maximum absolute atomic E-state index is 12.7. The predicted octanol–water partition coefficient (Wildman–Crippen LogP) is 2.66. The first-order chi connectivity index (χ1) is 10.8. The molecule has 4 fully saturated rings. The molecule has 122 valence electrons. The number of carbonyl (C=O) groups excluding carboxylic acids is 1. The molecule has 0 spiro atoms. The molecule has 2 N–H and O–H groups in total. The van der Waals surface area contributed by atoms with Gasteiger partial charge in [0.2, 0.25) is 0 Å². The van der Waals surface area contributed by atoms with Gasteiger partial charge in [-0.25, -0.2) is 0 Å². The van der Waals surface area contributed by atoms with Gasteiger partial charge in [-0.2, -0.15) is 0 Å². The number of benzene rings is 1. The van der Waals surface area contributed by atoms with Crippen LogP contribution in [0, 0.1) is 17.8 Å². The van der Waals surface area contributed by atoms with Crippen molar-refractivity contribution in [2.24, 2.45) is 17.8 Å². The molecule has 0 unspecified atom stereocenters. The minimum Gasteiger partial charge on any atom is -0.361 e. The lowest BCUT2D eigenvalue weighted by Gasteiger charge is -2.55. The van der Waals surface area contributed by atoms with E-state index < -0.39 is 0 Å². The molecule has 3 aliphatic heterocycles. The number of aromatic amines is 1. The zero-order valence-electron chi connectivity index (χ0n) is 13.0. The standard InChI is InChI=1S/C18H21N3O.ClH/c22-18(13-1-2-16-12(7-13)3-4-19-16)20-17-14-5-11-6-15(17)10-21(8-11)9-14;/h1-4,7,11,14-15,17,19H,5-6,8-10H2,(H,20,22);1H/t11?,14-,15-,17?;/m0./s1. The summed E-state index contributed by atoms with van der Waals surface area (Å²) in [7, 11) is 0. The normalized spacial score (nSPS) is 34.3. The number of carbonyl (C=O) groups is 1. The van der Waals surface area contributed by atoms with Crippen molar-refractivity contribution in [3.63, 3.8) is 0 Å². The van der Waals surface area contributed by atoms with Gasteiger partial charge in [0.25, 0.3) is 5.91 Å². The van der Waals surface area contributed by atoms with Crippen LogP contribution >= 0.6 is 12.4 Å². The highest BCUT2D eigenvalue weighted by molar-refractivity contribution is 5.98. The van der Waals surface area contributed by atoms with E-state index in [1.807, 2.05) is 30.5 Å². The summed E-state index contributed by atoms with van der Waals surface area (Å²) in [5.41, 5.74) is 1.86. The summed E-state index contributed by atoms with van der Waals surface area (Å²) in [6.45, 7) is 3.64. The molecule has 4 aliphatic rings. The second-order valence-electron chi connectivity index (χ2n) is 7.36. The predicted molar refractivity (Wildman–Crippen MR) is 92.9 cm³/mol. The molecule has 1 saturated carbocycles. The van der Waals surface area contributed by atoms with Crippen molar-refractivity contribution in [1.82, 2.24) is 15.2 Å². The van der Waals surface area contributed by atoms with Crippen LogP contribution < -0.4 is 5.32 Å². The van der Waals surface area contributed by atoms with E-state index in [9.17, 15) is 4.79 Å². The van der Waals surface area contributed by atoms with Crippen LogP contribution in [0.1, 0.15) is 23.2 Å². The van der Waals surface area contributed by atoms with Gasteiger partial charge >= 0.3 is 0 Å². The van der Waals surface area contributed by atoms with Crippen LogP contribution in [0.4, 0.5) is 0 Å². The number of halogens is 1. The lowest BCUT2D eigenvalue weighted by atomic mass is 9.65. The fraction of sp³-hybridized carbons (Fsp3) is 0.500. The van der Waals surface area contributed by atoms with E-state index in [2.05, 4.69) is 15.2 Å². The van der Waals surface area contributed by atoms with E-state index in [4.69, 9.17) is 0 Å². The minimum absolute atomic E-state index is 0. The zero-order chi connectivity index (χ0) is 14.7. The molecule has 4 bridgehead atoms. The summed E-state index contributed by atoms with van der Waals surface area (Å²) in [4.78, 5) is 18.4. The van der Waals surface area contributed by atoms with Crippen molar-refractivity contribution in [2.45, 2.75) is 18.9 Å². The molecule has 2 aromatic rings. The molecule has 4 heterocycles. The number of hydrogen-bond donors (Lipinski definition) is 2. The summed E-state index contributed by atoms with van der Waals surface area (Å²) >= 11 is 0. The van der Waals surface area contributed by atoms with Crippen molar-refractivity contribution in [2.75, 3.05) is 19.6 Å². The maximum Gasteiger partial charge on any atom is 0.251 e. The highest BCUT2D eigenvalue weighted by Gasteiger charge is 2.47. The Kier molecular flexibility index (Phi) is 3.62. The molecule has 2 atom stereocenters. The molecule has 5 heteroatoms. The second-order valence-corrected chi connectivity index (χ2v) is 7.36. The van der Waals surface area contributed by atoms with Gasteiger partial charge in [-0.3, -0.25) is 4.79 Å². The molecular weight excluding hydrogens is 310 g/mol. The number of fused-ring (bicyclic) bond motifs is 1. The van der Waals surface area contributed by atoms with E-state index in [1.54, 1.807) is 0 Å². The van der Waals surface area contributed by atoms with Gasteiger partial charge in [-0.05, 0) is 54.9 Å². The fourth-order valence-corrected chi connectivity index (χ4v) is 5.07. The first-order valence-electron chi connectivity index (χ1n) is 8.36. The van der Waals surface area contributed by atoms with Crippen molar-refractivity contribution in [3.8, 4) is 0 Å². The smallest absolute Gasteiger partial charge is 0.251 e. The van der Waals surface area contributed by atoms with Crippen LogP contribution in [0.5, 0.6) is 0 Å². The third kappa shape index (κ3) is 2.45. The van der Waals surface area contributed by atoms with Crippen molar-refractivity contribution >= 4 is 29.2 Å². The average molecular weight is 332 g/mol. The lowest BCUT2D eigenvalue weighted by Crippen LogP contribution is -2.64. The van der Waals surface area contributed by atoms with Crippen molar-refractivity contribution < 1.29 is 4.79 Å². The number of piperidine rings is 3. The highest BCUT2D eigenvalue weighted by atomic mass is 35.5. The van der Waals surface area contributed by atoms with Crippen molar-refractivity contribution in [3.05, 3.63) is 36.0 Å². The number of amides is 1. The van der Waals surface area contributed by atoms with Crippen LogP contribution in [0.3, 0.4) is 0 Å². The SMILES string of the molecule is Cl.O=C(NC1[C@H]2CC3C[C@H]1CN(C3)C2)c1ccc2[nH]ccc2c1. The number of H-pyrrole nitrogens is 1. The number of rotatable bonds is 2. The minimum atomic E-state index is 0. The molecule has 1 aromatic heterocycles. The lowest BCUT2D eigenvalue weighted by molar-refractivity contribution is -0.0418. The Morgan fingerprint density at radius 1 is 1.13 bits per heavy atom. The molecular formula is C18H22ClN3O. The van der Waals surface area contributed by atoms with Gasteiger partial charge in [0.15, 0.2) is 0 Å². The van der Waals surface area contributed by atoms with Crippen LogP contribution in [-0.2, 0) is 0 Å². The summed E-state index contributed by atoms with van der Waals surface area (Å²) < 4.78 is 0. The summed E-state index contributed by atoms with van der Waals surface area (Å²) in [6.07, 6.45) is 4.52. The van der Waals surface area contributed by atoms with E-state index in [-0.39, 0.29) is 18.3 Å². The molecule has 1 aliphatic carbocycles. The molecule has 1 aromatic carbocycles. The fourth-order valence-electron chi connectivity index (χ4n) is 5.07. The van der Waals surface area contributed by atoms with Gasteiger partial charge in [0, 0.05) is 48.3 Å². The van der Waals surface area contributed by atoms with Crippen LogP contribution in [0.25, 0.3) is 10.9 Å². The summed E-state index contributed by atoms with van der Waals surface area (Å²) in [5, 5.41) is 4.46. The van der Waals surface area contributed by atoms with Gasteiger partial charge in [-0.15, -0.1) is 12.4 Å². The molecule has 4 nitrogen and oxygen atoms in total. The van der Waals surface area contributed by atoms with Crippen LogP contribution in [-0.4, -0.2) is 41.5 Å². The molecule has 3 saturated heterocycles. The largest absolute Gasteiger partial charge is 0.361 e. The topological polar surface area (TPSA) is 48.1 Å². The van der Waals surface area contributed by atoms with E-state index in [0.29, 0.717) is 17.9 Å². The number of hydrogen-bond acceptors (Lipinski definition) is 2. The monoisotopic (exact) mass is 331 g/mol. The van der Waals surface area contributed by atoms with E-state index in [1.165, 1.54) is 32.5 Å². The Hall–Kier alpha value is -1.52.